The molecule has 0 unspecified atom stereocenters. The highest BCUT2D eigenvalue weighted by Gasteiger charge is 2.21. The first-order valence-electron chi connectivity index (χ1n) is 7.03. The molecule has 1 aromatic rings. The Labute approximate surface area is 110 Å². The lowest BCUT2D eigenvalue weighted by molar-refractivity contribution is 0.162. The average Bonchev–Trinajstić information content (AvgIpc) is 2.40. The van der Waals surface area contributed by atoms with Gasteiger partial charge in [0.05, 0.1) is 5.69 Å². The molecule has 0 atom stereocenters. The van der Waals surface area contributed by atoms with Gasteiger partial charge in [-0.2, -0.15) is 0 Å². The van der Waals surface area contributed by atoms with E-state index in [9.17, 15) is 0 Å². The van der Waals surface area contributed by atoms with E-state index in [0.717, 1.165) is 29.8 Å². The van der Waals surface area contributed by atoms with E-state index in [2.05, 4.69) is 36.0 Å². The van der Waals surface area contributed by atoms with Gasteiger partial charge in [-0.25, -0.2) is 0 Å². The van der Waals surface area contributed by atoms with E-state index in [1.165, 1.54) is 25.7 Å². The second kappa shape index (κ2) is 6.30. The average molecular weight is 247 g/mol. The van der Waals surface area contributed by atoms with Crippen LogP contribution in [0.3, 0.4) is 0 Å². The summed E-state index contributed by atoms with van der Waals surface area (Å²) in [6, 6.07) is 4.92. The van der Waals surface area contributed by atoms with Gasteiger partial charge in [-0.05, 0) is 50.3 Å². The van der Waals surface area contributed by atoms with Gasteiger partial charge in [0.1, 0.15) is 0 Å². The number of nitrogens with two attached hydrogens (primary N) is 1. The van der Waals surface area contributed by atoms with E-state index in [1.54, 1.807) is 0 Å². The highest BCUT2D eigenvalue weighted by atomic mass is 15.1. The van der Waals surface area contributed by atoms with E-state index < -0.39 is 0 Å². The maximum absolute atomic E-state index is 5.58. The molecule has 0 amide bonds. The molecule has 1 aromatic heterocycles. The molecule has 1 saturated carbocycles. The second-order valence-corrected chi connectivity index (χ2v) is 5.69. The van der Waals surface area contributed by atoms with Crippen LogP contribution in [-0.2, 0) is 13.1 Å². The van der Waals surface area contributed by atoms with Crippen LogP contribution in [0.25, 0.3) is 0 Å². The zero-order valence-electron chi connectivity index (χ0n) is 11.6. The van der Waals surface area contributed by atoms with E-state index in [4.69, 9.17) is 5.73 Å². The quantitative estimate of drug-likeness (QED) is 0.889. The summed E-state index contributed by atoms with van der Waals surface area (Å²) in [4.78, 5) is 6.93. The molecule has 1 fully saturated rings. The maximum atomic E-state index is 5.58. The molecule has 0 radical (unpaired) electrons. The van der Waals surface area contributed by atoms with Gasteiger partial charge in [0.15, 0.2) is 0 Å². The minimum absolute atomic E-state index is 0.573. The molecule has 100 valence electrons. The maximum Gasteiger partial charge on any atom is 0.0544 e. The van der Waals surface area contributed by atoms with Crippen molar-refractivity contribution in [3.63, 3.8) is 0 Å². The normalized spacial score (nSPS) is 24.4. The molecule has 0 bridgehead atoms. The van der Waals surface area contributed by atoms with Crippen LogP contribution in [0.15, 0.2) is 18.3 Å². The van der Waals surface area contributed by atoms with Crippen molar-refractivity contribution in [3.8, 4) is 0 Å². The van der Waals surface area contributed by atoms with E-state index in [1.807, 2.05) is 6.20 Å². The van der Waals surface area contributed by atoms with Gasteiger partial charge in [0.2, 0.25) is 0 Å². The molecule has 18 heavy (non-hydrogen) atoms. The lowest BCUT2D eigenvalue weighted by Crippen LogP contribution is -2.34. The first kappa shape index (κ1) is 13.5. The fourth-order valence-corrected chi connectivity index (χ4v) is 2.74. The van der Waals surface area contributed by atoms with Crippen LogP contribution in [0.4, 0.5) is 0 Å². The van der Waals surface area contributed by atoms with Gasteiger partial charge >= 0.3 is 0 Å². The number of rotatable bonds is 4. The molecule has 3 heteroatoms. The van der Waals surface area contributed by atoms with Crippen molar-refractivity contribution in [3.05, 3.63) is 29.6 Å². The molecule has 2 N–H and O–H groups in total. The fourth-order valence-electron chi connectivity index (χ4n) is 2.74. The van der Waals surface area contributed by atoms with Gasteiger partial charge in [-0.3, -0.25) is 9.88 Å². The SMILES string of the molecule is CC1CCC(N(C)Cc2ccc(CN)cn2)CC1. The summed E-state index contributed by atoms with van der Waals surface area (Å²) < 4.78 is 0. The van der Waals surface area contributed by atoms with Crippen molar-refractivity contribution in [2.45, 2.75) is 51.7 Å². The molecule has 2 rings (SSSR count). The molecule has 0 aliphatic heterocycles. The lowest BCUT2D eigenvalue weighted by atomic mass is 9.87. The number of hydrogen-bond donors (Lipinski definition) is 1. The Morgan fingerprint density at radius 1 is 1.28 bits per heavy atom. The van der Waals surface area contributed by atoms with Crippen molar-refractivity contribution < 1.29 is 0 Å². The Morgan fingerprint density at radius 3 is 2.56 bits per heavy atom. The summed E-state index contributed by atoms with van der Waals surface area (Å²) in [5, 5.41) is 0. The Kier molecular flexibility index (Phi) is 4.72. The Bertz CT molecular complexity index is 353. The number of hydrogen-bond acceptors (Lipinski definition) is 3. The monoisotopic (exact) mass is 247 g/mol. The highest BCUT2D eigenvalue weighted by molar-refractivity contribution is 5.13. The Balaban J connectivity index is 1.87. The molecule has 1 heterocycles. The predicted molar refractivity (Wildman–Crippen MR) is 75.0 cm³/mol. The molecule has 1 aliphatic carbocycles. The van der Waals surface area contributed by atoms with Crippen LogP contribution in [-0.4, -0.2) is 23.0 Å². The molecule has 3 nitrogen and oxygen atoms in total. The van der Waals surface area contributed by atoms with Gasteiger partial charge in [0, 0.05) is 25.3 Å². The van der Waals surface area contributed by atoms with Gasteiger partial charge in [-0.1, -0.05) is 13.0 Å². The van der Waals surface area contributed by atoms with Crippen molar-refractivity contribution >= 4 is 0 Å². The van der Waals surface area contributed by atoms with Crippen molar-refractivity contribution in [1.29, 1.82) is 0 Å². The van der Waals surface area contributed by atoms with Crippen LogP contribution in [0, 0.1) is 5.92 Å². The van der Waals surface area contributed by atoms with E-state index in [0.29, 0.717) is 6.54 Å². The minimum atomic E-state index is 0.573. The second-order valence-electron chi connectivity index (χ2n) is 5.69. The summed E-state index contributed by atoms with van der Waals surface area (Å²) in [5.41, 5.74) is 7.83. The predicted octanol–water partition coefficient (Wildman–Crippen LogP) is 2.55. The molecule has 1 aliphatic rings. The summed E-state index contributed by atoms with van der Waals surface area (Å²) in [7, 11) is 2.22. The third kappa shape index (κ3) is 3.53. The molecule has 0 saturated heterocycles. The van der Waals surface area contributed by atoms with Crippen molar-refractivity contribution in [2.75, 3.05) is 7.05 Å². The topological polar surface area (TPSA) is 42.1 Å². The summed E-state index contributed by atoms with van der Waals surface area (Å²) in [5.74, 6) is 0.914. The summed E-state index contributed by atoms with van der Waals surface area (Å²) >= 11 is 0. The minimum Gasteiger partial charge on any atom is -0.326 e. The van der Waals surface area contributed by atoms with Crippen molar-refractivity contribution in [2.24, 2.45) is 11.7 Å². The smallest absolute Gasteiger partial charge is 0.0544 e. The zero-order chi connectivity index (χ0) is 13.0. The summed E-state index contributed by atoms with van der Waals surface area (Å²) in [6.07, 6.45) is 7.30. The Morgan fingerprint density at radius 2 is 2.00 bits per heavy atom. The van der Waals surface area contributed by atoms with Crippen LogP contribution in [0.5, 0.6) is 0 Å². The number of pyridine rings is 1. The summed E-state index contributed by atoms with van der Waals surface area (Å²) in [6.45, 7) is 3.89. The lowest BCUT2D eigenvalue weighted by Gasteiger charge is -2.33. The highest BCUT2D eigenvalue weighted by Crippen LogP contribution is 2.26. The molecular weight excluding hydrogens is 222 g/mol. The van der Waals surface area contributed by atoms with Crippen LogP contribution < -0.4 is 5.73 Å². The van der Waals surface area contributed by atoms with Gasteiger partial charge in [-0.15, -0.1) is 0 Å². The largest absolute Gasteiger partial charge is 0.326 e. The van der Waals surface area contributed by atoms with Gasteiger partial charge < -0.3 is 5.73 Å². The first-order chi connectivity index (χ1) is 8.69. The molecular formula is C15H25N3. The van der Waals surface area contributed by atoms with Gasteiger partial charge in [0.25, 0.3) is 0 Å². The van der Waals surface area contributed by atoms with E-state index >= 15 is 0 Å². The van der Waals surface area contributed by atoms with E-state index in [-0.39, 0.29) is 0 Å². The third-order valence-electron chi connectivity index (χ3n) is 4.14. The van der Waals surface area contributed by atoms with Crippen molar-refractivity contribution in [1.82, 2.24) is 9.88 Å². The Hall–Kier alpha value is -0.930. The van der Waals surface area contributed by atoms with Crippen LogP contribution in [0.1, 0.15) is 43.9 Å². The standard InChI is InChI=1S/C15H25N3/c1-12-3-7-15(8-4-12)18(2)11-14-6-5-13(9-16)10-17-14/h5-6,10,12,15H,3-4,7-9,11,16H2,1-2H3. The zero-order valence-corrected chi connectivity index (χ0v) is 11.6. The van der Waals surface area contributed by atoms with Crippen LogP contribution in [0.2, 0.25) is 0 Å². The fraction of sp³-hybridized carbons (Fsp3) is 0.667. The number of aromatic nitrogens is 1. The third-order valence-corrected chi connectivity index (χ3v) is 4.14. The molecule has 0 spiro atoms. The van der Waals surface area contributed by atoms with Crippen LogP contribution >= 0.6 is 0 Å². The number of nitrogens with zero attached hydrogens (tertiary/aromatic N) is 2. The first-order valence-corrected chi connectivity index (χ1v) is 7.03. The molecule has 0 aromatic carbocycles.